The number of hydrogen-bond donors (Lipinski definition) is 0. The summed E-state index contributed by atoms with van der Waals surface area (Å²) in [7, 11) is 0. The number of alkyl halides is 3. The second-order valence-electron chi connectivity index (χ2n) is 6.10. The monoisotopic (exact) mass is 270 g/mol. The van der Waals surface area contributed by atoms with E-state index >= 15 is 0 Å². The number of nitrogens with zero attached hydrogens (tertiary/aromatic N) is 1. The molecule has 19 heavy (non-hydrogen) atoms. The summed E-state index contributed by atoms with van der Waals surface area (Å²) in [6, 6.07) is 5.72. The molecular weight excluding hydrogens is 251 g/mol. The van der Waals surface area contributed by atoms with Crippen LogP contribution in [0.4, 0.5) is 13.2 Å². The van der Waals surface area contributed by atoms with Gasteiger partial charge in [0.25, 0.3) is 0 Å². The Hall–Kier alpha value is -1.03. The molecule has 1 nitrogen and oxygen atoms in total. The lowest BCUT2D eigenvalue weighted by Gasteiger charge is -2.49. The van der Waals surface area contributed by atoms with Crippen molar-refractivity contribution >= 4 is 0 Å². The number of halogens is 3. The van der Waals surface area contributed by atoms with Gasteiger partial charge in [0, 0.05) is 5.56 Å². The zero-order valence-electron chi connectivity index (χ0n) is 10.9. The van der Waals surface area contributed by atoms with Crippen molar-refractivity contribution in [3.8, 4) is 0 Å². The van der Waals surface area contributed by atoms with Crippen molar-refractivity contribution in [2.75, 3.05) is 19.6 Å². The minimum Gasteiger partial charge on any atom is -0.320 e. The maximum Gasteiger partial charge on any atom is 0.416 e. The van der Waals surface area contributed by atoms with Gasteiger partial charge in [0.1, 0.15) is 6.54 Å². The average Bonchev–Trinajstić information content (AvgIpc) is 2.40. The van der Waals surface area contributed by atoms with Crippen LogP contribution in [0.2, 0.25) is 0 Å². The first-order valence-corrected chi connectivity index (χ1v) is 6.98. The SMILES string of the molecule is FC(F)(F)c1ccc(C[N+]23CCC(CC2)CC3)cc1. The van der Waals surface area contributed by atoms with E-state index in [0.29, 0.717) is 0 Å². The molecule has 0 atom stereocenters. The molecule has 0 saturated carbocycles. The van der Waals surface area contributed by atoms with Gasteiger partial charge in [-0.3, -0.25) is 0 Å². The fraction of sp³-hybridized carbons (Fsp3) is 0.600. The van der Waals surface area contributed by atoms with Gasteiger partial charge in [-0.1, -0.05) is 12.1 Å². The van der Waals surface area contributed by atoms with Crippen LogP contribution < -0.4 is 0 Å². The minimum absolute atomic E-state index is 0.548. The van der Waals surface area contributed by atoms with E-state index in [1.54, 1.807) is 12.1 Å². The maximum atomic E-state index is 12.5. The molecule has 3 aliphatic rings. The van der Waals surface area contributed by atoms with Gasteiger partial charge >= 0.3 is 6.18 Å². The van der Waals surface area contributed by atoms with Crippen molar-refractivity contribution in [1.82, 2.24) is 0 Å². The third-order valence-corrected chi connectivity index (χ3v) is 4.83. The van der Waals surface area contributed by atoms with Gasteiger partial charge in [0.05, 0.1) is 25.2 Å². The smallest absolute Gasteiger partial charge is 0.320 e. The van der Waals surface area contributed by atoms with E-state index in [2.05, 4.69) is 0 Å². The van der Waals surface area contributed by atoms with Crippen LogP contribution in [0.3, 0.4) is 0 Å². The number of fused-ring (bicyclic) bond motifs is 3. The van der Waals surface area contributed by atoms with Crippen LogP contribution in [-0.4, -0.2) is 24.1 Å². The molecule has 0 radical (unpaired) electrons. The fourth-order valence-corrected chi connectivity index (χ4v) is 3.56. The Kier molecular flexibility index (Phi) is 3.08. The minimum atomic E-state index is -4.23. The molecule has 3 fully saturated rings. The summed E-state index contributed by atoms with van der Waals surface area (Å²) >= 11 is 0. The van der Waals surface area contributed by atoms with Crippen LogP contribution >= 0.6 is 0 Å². The van der Waals surface area contributed by atoms with Crippen LogP contribution in [0, 0.1) is 5.92 Å². The zero-order chi connectivity index (χ0) is 13.5. The normalized spacial score (nSPS) is 30.6. The van der Waals surface area contributed by atoms with Crippen molar-refractivity contribution in [2.24, 2.45) is 5.92 Å². The van der Waals surface area contributed by atoms with Crippen molar-refractivity contribution in [2.45, 2.75) is 32.0 Å². The third-order valence-electron chi connectivity index (χ3n) is 4.83. The number of hydrogen-bond acceptors (Lipinski definition) is 0. The lowest BCUT2D eigenvalue weighted by atomic mass is 9.85. The van der Waals surface area contributed by atoms with Crippen LogP contribution in [0.25, 0.3) is 0 Å². The van der Waals surface area contributed by atoms with Crippen molar-refractivity contribution in [3.05, 3.63) is 35.4 Å². The summed E-state index contributed by atoms with van der Waals surface area (Å²) in [6.45, 7) is 4.49. The van der Waals surface area contributed by atoms with Crippen LogP contribution in [0.5, 0.6) is 0 Å². The molecule has 0 N–H and O–H groups in total. The predicted octanol–water partition coefficient (Wildman–Crippen LogP) is 3.84. The highest BCUT2D eigenvalue weighted by atomic mass is 19.4. The van der Waals surface area contributed by atoms with E-state index in [1.807, 2.05) is 0 Å². The summed E-state index contributed by atoms with van der Waals surface area (Å²) < 4.78 is 38.7. The highest BCUT2D eigenvalue weighted by Crippen LogP contribution is 2.35. The van der Waals surface area contributed by atoms with Gasteiger partial charge in [-0.15, -0.1) is 0 Å². The third kappa shape index (κ3) is 2.64. The van der Waals surface area contributed by atoms with Crippen LogP contribution in [0.15, 0.2) is 24.3 Å². The Balaban J connectivity index is 1.73. The molecule has 0 aromatic heterocycles. The molecule has 3 saturated heterocycles. The molecule has 2 bridgehead atoms. The van der Waals surface area contributed by atoms with Gasteiger partial charge in [-0.25, -0.2) is 0 Å². The fourth-order valence-electron chi connectivity index (χ4n) is 3.56. The lowest BCUT2D eigenvalue weighted by molar-refractivity contribution is -0.955. The number of piperidine rings is 3. The molecule has 1 aromatic carbocycles. The summed E-state index contributed by atoms with van der Waals surface area (Å²) in [5, 5.41) is 0. The van der Waals surface area contributed by atoms with Crippen molar-refractivity contribution in [3.63, 3.8) is 0 Å². The lowest BCUT2D eigenvalue weighted by Crippen LogP contribution is -2.57. The predicted molar refractivity (Wildman–Crippen MR) is 67.4 cm³/mol. The second-order valence-corrected chi connectivity index (χ2v) is 6.10. The summed E-state index contributed by atoms with van der Waals surface area (Å²) in [6.07, 6.45) is -0.351. The Labute approximate surface area is 111 Å². The molecule has 0 aliphatic carbocycles. The molecule has 3 aliphatic heterocycles. The summed E-state index contributed by atoms with van der Waals surface area (Å²) in [5.74, 6) is 0.910. The molecule has 1 aromatic rings. The first-order valence-electron chi connectivity index (χ1n) is 6.98. The Morgan fingerprint density at radius 2 is 1.47 bits per heavy atom. The van der Waals surface area contributed by atoms with E-state index in [0.717, 1.165) is 22.5 Å². The van der Waals surface area contributed by atoms with E-state index in [4.69, 9.17) is 0 Å². The number of quaternary nitrogens is 1. The van der Waals surface area contributed by atoms with E-state index in [-0.39, 0.29) is 0 Å². The Morgan fingerprint density at radius 3 is 1.95 bits per heavy atom. The molecule has 4 heteroatoms. The first kappa shape index (κ1) is 13.0. The highest BCUT2D eigenvalue weighted by Gasteiger charge is 2.39. The molecule has 0 unspecified atom stereocenters. The molecule has 0 amide bonds. The topological polar surface area (TPSA) is 0 Å². The Morgan fingerprint density at radius 1 is 0.947 bits per heavy atom. The second kappa shape index (κ2) is 4.51. The maximum absolute atomic E-state index is 12.5. The van der Waals surface area contributed by atoms with Crippen LogP contribution in [-0.2, 0) is 12.7 Å². The van der Waals surface area contributed by atoms with Crippen LogP contribution in [0.1, 0.15) is 30.4 Å². The zero-order valence-corrected chi connectivity index (χ0v) is 10.9. The molecule has 104 valence electrons. The van der Waals surface area contributed by atoms with E-state index in [9.17, 15) is 13.2 Å². The summed E-state index contributed by atoms with van der Waals surface area (Å²) in [5.41, 5.74) is 0.488. The standard InChI is InChI=1S/C15H19F3N/c16-15(17,18)14-3-1-13(2-4-14)11-19-8-5-12(6-9-19)7-10-19/h1-4,12H,5-11H2/q+1. The Bertz CT molecular complexity index is 428. The quantitative estimate of drug-likeness (QED) is 0.716. The van der Waals surface area contributed by atoms with Crippen molar-refractivity contribution in [1.29, 1.82) is 0 Å². The molecule has 0 spiro atoms. The average molecular weight is 270 g/mol. The van der Waals surface area contributed by atoms with Gasteiger partial charge in [0.15, 0.2) is 0 Å². The van der Waals surface area contributed by atoms with Gasteiger partial charge in [-0.2, -0.15) is 13.2 Å². The number of rotatable bonds is 2. The molecule has 4 rings (SSSR count). The molecule has 3 heterocycles. The van der Waals surface area contributed by atoms with Crippen molar-refractivity contribution < 1.29 is 17.7 Å². The van der Waals surface area contributed by atoms with Gasteiger partial charge < -0.3 is 4.48 Å². The largest absolute Gasteiger partial charge is 0.416 e. The number of benzene rings is 1. The first-order chi connectivity index (χ1) is 8.97. The van der Waals surface area contributed by atoms with Gasteiger partial charge in [-0.05, 0) is 37.3 Å². The van der Waals surface area contributed by atoms with Gasteiger partial charge in [0.2, 0.25) is 0 Å². The molecular formula is C15H19F3N+. The van der Waals surface area contributed by atoms with E-state index < -0.39 is 11.7 Å². The van der Waals surface area contributed by atoms with E-state index in [1.165, 1.54) is 51.0 Å². The summed E-state index contributed by atoms with van der Waals surface area (Å²) in [4.78, 5) is 0. The highest BCUT2D eigenvalue weighted by molar-refractivity contribution is 5.24.